The summed E-state index contributed by atoms with van der Waals surface area (Å²) < 4.78 is 10.4. The number of carbonyl (C=O) groups is 2. The molecule has 1 aliphatic heterocycles. The quantitative estimate of drug-likeness (QED) is 0.812. The van der Waals surface area contributed by atoms with Crippen LogP contribution in [0.2, 0.25) is 0 Å². The first-order chi connectivity index (χ1) is 12.5. The molecule has 4 atom stereocenters. The summed E-state index contributed by atoms with van der Waals surface area (Å²) in [5.74, 6) is 0.865. The van der Waals surface area contributed by atoms with Gasteiger partial charge in [0.25, 0.3) is 0 Å². The van der Waals surface area contributed by atoms with E-state index in [2.05, 4.69) is 10.2 Å². The Balaban J connectivity index is 1.63. The number of fused-ring (bicyclic) bond motifs is 1. The molecule has 1 aromatic rings. The first kappa shape index (κ1) is 18.9. The van der Waals surface area contributed by atoms with Crippen molar-refractivity contribution in [2.24, 2.45) is 11.8 Å². The Morgan fingerprint density at radius 2 is 1.92 bits per heavy atom. The van der Waals surface area contributed by atoms with E-state index in [0.717, 1.165) is 38.0 Å². The average Bonchev–Trinajstić information content (AvgIpc) is 3.01. The van der Waals surface area contributed by atoms with E-state index in [1.54, 1.807) is 20.1 Å². The Labute approximate surface area is 154 Å². The van der Waals surface area contributed by atoms with E-state index in [9.17, 15) is 9.59 Å². The lowest BCUT2D eigenvalue weighted by Crippen LogP contribution is -2.49. The summed E-state index contributed by atoms with van der Waals surface area (Å²) in [6.45, 7) is 4.42. The molecule has 2 aliphatic rings. The summed E-state index contributed by atoms with van der Waals surface area (Å²) >= 11 is 0. The second kappa shape index (κ2) is 8.18. The lowest BCUT2D eigenvalue weighted by atomic mass is 9.77. The van der Waals surface area contributed by atoms with Crippen LogP contribution < -0.4 is 5.32 Å². The number of hydrogen-bond donors (Lipinski definition) is 1. The number of benzene rings is 1. The van der Waals surface area contributed by atoms with Crippen molar-refractivity contribution in [1.82, 2.24) is 10.2 Å². The fourth-order valence-electron chi connectivity index (χ4n) is 4.49. The molecule has 1 saturated carbocycles. The fraction of sp³-hybridized carbons (Fsp3) is 0.600. The van der Waals surface area contributed by atoms with E-state index in [4.69, 9.17) is 9.47 Å². The number of rotatable bonds is 5. The highest BCUT2D eigenvalue weighted by Crippen LogP contribution is 2.38. The molecule has 0 radical (unpaired) electrons. The molecule has 0 bridgehead atoms. The molecule has 1 N–H and O–H groups in total. The molecule has 1 amide bonds. The maximum atomic E-state index is 11.7. The van der Waals surface area contributed by atoms with Gasteiger partial charge in [-0.2, -0.15) is 0 Å². The molecule has 1 aromatic carbocycles. The number of amides is 1. The number of nitrogens with one attached hydrogen (secondary N) is 1. The minimum Gasteiger partial charge on any atom is -0.465 e. The summed E-state index contributed by atoms with van der Waals surface area (Å²) in [7, 11) is 3.13. The topological polar surface area (TPSA) is 67.9 Å². The van der Waals surface area contributed by atoms with Crippen molar-refractivity contribution in [2.45, 2.75) is 38.5 Å². The van der Waals surface area contributed by atoms with Gasteiger partial charge in [-0.3, -0.25) is 9.69 Å². The third-order valence-electron chi connectivity index (χ3n) is 5.64. The second-order valence-corrected chi connectivity index (χ2v) is 7.46. The van der Waals surface area contributed by atoms with E-state index in [1.165, 1.54) is 7.11 Å². The van der Waals surface area contributed by atoms with E-state index in [-0.39, 0.29) is 24.0 Å². The van der Waals surface area contributed by atoms with E-state index >= 15 is 0 Å². The summed E-state index contributed by atoms with van der Waals surface area (Å²) in [5.41, 5.74) is 1.71. The third kappa shape index (κ3) is 4.24. The van der Waals surface area contributed by atoms with Gasteiger partial charge < -0.3 is 14.8 Å². The van der Waals surface area contributed by atoms with E-state index < -0.39 is 0 Å². The first-order valence-corrected chi connectivity index (χ1v) is 9.19. The van der Waals surface area contributed by atoms with Crippen molar-refractivity contribution in [3.63, 3.8) is 0 Å². The molecule has 0 aromatic heterocycles. The van der Waals surface area contributed by atoms with Crippen LogP contribution >= 0.6 is 0 Å². The van der Waals surface area contributed by atoms with Gasteiger partial charge in [-0.1, -0.05) is 12.1 Å². The number of carbonyl (C=O) groups excluding carboxylic acids is 2. The summed E-state index contributed by atoms with van der Waals surface area (Å²) in [6, 6.07) is 7.73. The maximum Gasteiger partial charge on any atom is 0.337 e. The highest BCUT2D eigenvalue weighted by Gasteiger charge is 2.42. The monoisotopic (exact) mass is 360 g/mol. The lowest BCUT2D eigenvalue weighted by Gasteiger charge is -2.37. The molecule has 1 saturated heterocycles. The molecule has 0 spiro atoms. The summed E-state index contributed by atoms with van der Waals surface area (Å²) in [6.07, 6.45) is 2.02. The van der Waals surface area contributed by atoms with Gasteiger partial charge in [0.15, 0.2) is 0 Å². The smallest absolute Gasteiger partial charge is 0.337 e. The molecule has 0 unspecified atom stereocenters. The van der Waals surface area contributed by atoms with Crippen molar-refractivity contribution in [3.05, 3.63) is 35.4 Å². The normalized spacial score (nSPS) is 28.4. The van der Waals surface area contributed by atoms with Crippen LogP contribution in [0.15, 0.2) is 24.3 Å². The van der Waals surface area contributed by atoms with Gasteiger partial charge >= 0.3 is 5.97 Å². The number of likely N-dealkylation sites (tertiary alicyclic amines) is 1. The Morgan fingerprint density at radius 3 is 2.58 bits per heavy atom. The Hall–Kier alpha value is -1.92. The lowest BCUT2D eigenvalue weighted by molar-refractivity contribution is -0.121. The summed E-state index contributed by atoms with van der Waals surface area (Å²) in [5, 5.41) is 3.05. The summed E-state index contributed by atoms with van der Waals surface area (Å²) in [4.78, 5) is 25.6. The van der Waals surface area contributed by atoms with Crippen molar-refractivity contribution in [1.29, 1.82) is 0 Å². The van der Waals surface area contributed by atoms with Crippen molar-refractivity contribution >= 4 is 11.9 Å². The zero-order valence-corrected chi connectivity index (χ0v) is 15.7. The van der Waals surface area contributed by atoms with Gasteiger partial charge in [-0.15, -0.1) is 0 Å². The molecule has 3 rings (SSSR count). The van der Waals surface area contributed by atoms with Gasteiger partial charge in [-0.05, 0) is 42.4 Å². The van der Waals surface area contributed by atoms with Gasteiger partial charge in [0, 0.05) is 33.7 Å². The van der Waals surface area contributed by atoms with Crippen molar-refractivity contribution in [3.8, 4) is 0 Å². The predicted octanol–water partition coefficient (Wildman–Crippen LogP) is 1.83. The minimum atomic E-state index is -0.303. The molecule has 1 aliphatic carbocycles. The third-order valence-corrected chi connectivity index (χ3v) is 5.64. The second-order valence-electron chi connectivity index (χ2n) is 7.46. The highest BCUT2D eigenvalue weighted by atomic mass is 16.5. The number of esters is 1. The van der Waals surface area contributed by atoms with Crippen LogP contribution in [0.1, 0.15) is 35.7 Å². The Morgan fingerprint density at radius 1 is 1.19 bits per heavy atom. The predicted molar refractivity (Wildman–Crippen MR) is 97.7 cm³/mol. The van der Waals surface area contributed by atoms with Crippen molar-refractivity contribution in [2.75, 3.05) is 27.3 Å². The van der Waals surface area contributed by atoms with Gasteiger partial charge in [-0.25, -0.2) is 4.79 Å². The Kier molecular flexibility index (Phi) is 5.94. The van der Waals surface area contributed by atoms with Crippen LogP contribution in [0.4, 0.5) is 0 Å². The molecule has 6 nitrogen and oxygen atoms in total. The highest BCUT2D eigenvalue weighted by molar-refractivity contribution is 5.89. The minimum absolute atomic E-state index is 0.00461. The Bertz CT molecular complexity index is 663. The number of ether oxygens (including phenoxy) is 2. The molecular formula is C20H28N2O4. The first-order valence-electron chi connectivity index (χ1n) is 9.19. The van der Waals surface area contributed by atoms with Crippen LogP contribution in [0.5, 0.6) is 0 Å². The number of nitrogens with zero attached hydrogens (tertiary/aromatic N) is 1. The van der Waals surface area contributed by atoms with Crippen LogP contribution in [0.25, 0.3) is 0 Å². The zero-order chi connectivity index (χ0) is 18.7. The molecule has 26 heavy (non-hydrogen) atoms. The van der Waals surface area contributed by atoms with E-state index in [1.807, 2.05) is 18.2 Å². The van der Waals surface area contributed by atoms with Gasteiger partial charge in [0.1, 0.15) is 0 Å². The molecule has 142 valence electrons. The van der Waals surface area contributed by atoms with Crippen LogP contribution in [0, 0.1) is 11.8 Å². The standard InChI is InChI=1S/C20H28N2O4/c1-13(23)21-18-8-16-11-22(12-17(16)9-19(18)25-2)10-14-5-4-6-15(7-14)20(24)26-3/h4-7,16-19H,8-12H2,1-3H3,(H,21,23)/t16-,17+,18-,19-/m1/s1. The molecule has 1 heterocycles. The van der Waals surface area contributed by atoms with Crippen molar-refractivity contribution < 1.29 is 19.1 Å². The van der Waals surface area contributed by atoms with E-state index in [0.29, 0.717) is 17.4 Å². The largest absolute Gasteiger partial charge is 0.465 e. The van der Waals surface area contributed by atoms with Crippen LogP contribution in [-0.2, 0) is 20.8 Å². The number of hydrogen-bond acceptors (Lipinski definition) is 5. The SMILES string of the molecule is COC(=O)c1cccc(CN2C[C@H]3C[C@@H](NC(C)=O)[C@H](OC)C[C@H]3C2)c1. The van der Waals surface area contributed by atoms with Gasteiger partial charge in [0.2, 0.25) is 5.91 Å². The molecule has 2 fully saturated rings. The molecule has 6 heteroatoms. The zero-order valence-electron chi connectivity index (χ0n) is 15.7. The maximum absolute atomic E-state index is 11.7. The van der Waals surface area contributed by atoms with Crippen LogP contribution in [-0.4, -0.2) is 56.2 Å². The number of methoxy groups -OCH3 is 2. The van der Waals surface area contributed by atoms with Crippen LogP contribution in [0.3, 0.4) is 0 Å². The average molecular weight is 360 g/mol. The molecular weight excluding hydrogens is 332 g/mol. The fourth-order valence-corrected chi connectivity index (χ4v) is 4.49. The van der Waals surface area contributed by atoms with Gasteiger partial charge in [0.05, 0.1) is 24.8 Å².